The second-order valence-electron chi connectivity index (χ2n) is 6.92. The van der Waals surface area contributed by atoms with Crippen molar-refractivity contribution in [1.82, 2.24) is 20.2 Å². The van der Waals surface area contributed by atoms with Crippen LogP contribution in [0.3, 0.4) is 0 Å². The highest BCUT2D eigenvalue weighted by Crippen LogP contribution is 2.22. The molecule has 0 spiro atoms. The third-order valence-electron chi connectivity index (χ3n) is 3.97. The van der Waals surface area contributed by atoms with Crippen molar-refractivity contribution in [1.29, 1.82) is 0 Å². The summed E-state index contributed by atoms with van der Waals surface area (Å²) in [7, 11) is 1.80. The van der Waals surface area contributed by atoms with E-state index in [9.17, 15) is 0 Å². The molecule has 130 valence electrons. The van der Waals surface area contributed by atoms with Gasteiger partial charge < -0.3 is 15.2 Å². The molecule has 2 aromatic rings. The fourth-order valence-corrected chi connectivity index (χ4v) is 2.44. The molecule has 0 radical (unpaired) electrons. The molecule has 0 aliphatic carbocycles. The summed E-state index contributed by atoms with van der Waals surface area (Å²) >= 11 is 0. The third kappa shape index (κ3) is 5.72. The van der Waals surface area contributed by atoms with Gasteiger partial charge in [0, 0.05) is 39.1 Å². The number of hydrogen-bond donors (Lipinski definition) is 2. The Balaban J connectivity index is 1.71. The lowest BCUT2D eigenvalue weighted by molar-refractivity contribution is 0.590. The molecule has 0 unspecified atom stereocenters. The lowest BCUT2D eigenvalue weighted by Crippen LogP contribution is -2.39. The number of hydrogen-bond acceptors (Lipinski definition) is 2. The van der Waals surface area contributed by atoms with E-state index in [-0.39, 0.29) is 5.41 Å². The van der Waals surface area contributed by atoms with Gasteiger partial charge in [0.15, 0.2) is 5.96 Å². The van der Waals surface area contributed by atoms with Gasteiger partial charge in [0.1, 0.15) is 0 Å². The van der Waals surface area contributed by atoms with Gasteiger partial charge in [-0.05, 0) is 23.0 Å². The Morgan fingerprint density at radius 1 is 1.12 bits per heavy atom. The SMILES string of the molecule is CN=C(NCCc1ccc(C(C)(C)C)cc1)NCCn1ccnc1. The lowest BCUT2D eigenvalue weighted by Gasteiger charge is -2.19. The number of aliphatic imine (C=N–C) groups is 1. The zero-order valence-electron chi connectivity index (χ0n) is 15.2. The van der Waals surface area contributed by atoms with Gasteiger partial charge in [0.05, 0.1) is 6.33 Å². The predicted octanol–water partition coefficient (Wildman–Crippen LogP) is 2.59. The van der Waals surface area contributed by atoms with Crippen LogP contribution in [0.15, 0.2) is 48.0 Å². The molecular formula is C19H29N5. The van der Waals surface area contributed by atoms with Crippen molar-refractivity contribution in [2.24, 2.45) is 4.99 Å². The highest BCUT2D eigenvalue weighted by Gasteiger charge is 2.12. The summed E-state index contributed by atoms with van der Waals surface area (Å²) in [6, 6.07) is 8.90. The van der Waals surface area contributed by atoms with Crippen LogP contribution in [-0.4, -0.2) is 35.6 Å². The number of nitrogens with zero attached hydrogens (tertiary/aromatic N) is 3. The van der Waals surface area contributed by atoms with Crippen molar-refractivity contribution in [3.8, 4) is 0 Å². The molecule has 0 saturated heterocycles. The largest absolute Gasteiger partial charge is 0.356 e. The fourth-order valence-electron chi connectivity index (χ4n) is 2.44. The molecule has 0 aliphatic heterocycles. The second-order valence-corrected chi connectivity index (χ2v) is 6.92. The number of imidazole rings is 1. The summed E-state index contributed by atoms with van der Waals surface area (Å²) in [6.45, 7) is 9.26. The summed E-state index contributed by atoms with van der Waals surface area (Å²) in [6.07, 6.45) is 6.54. The number of guanidine groups is 1. The minimum absolute atomic E-state index is 0.206. The minimum atomic E-state index is 0.206. The van der Waals surface area contributed by atoms with Crippen molar-refractivity contribution >= 4 is 5.96 Å². The van der Waals surface area contributed by atoms with Crippen LogP contribution in [0.25, 0.3) is 0 Å². The Labute approximate surface area is 145 Å². The normalized spacial score (nSPS) is 12.2. The van der Waals surface area contributed by atoms with Crippen LogP contribution in [-0.2, 0) is 18.4 Å². The van der Waals surface area contributed by atoms with E-state index in [1.165, 1.54) is 11.1 Å². The topological polar surface area (TPSA) is 54.2 Å². The second kappa shape index (κ2) is 8.52. The quantitative estimate of drug-likeness (QED) is 0.633. The number of benzene rings is 1. The Hall–Kier alpha value is -2.30. The van der Waals surface area contributed by atoms with Crippen LogP contribution in [0.2, 0.25) is 0 Å². The van der Waals surface area contributed by atoms with Gasteiger partial charge in [-0.25, -0.2) is 4.98 Å². The minimum Gasteiger partial charge on any atom is -0.356 e. The standard InChI is InChI=1S/C19H29N5/c1-19(2,3)17-7-5-16(6-8-17)9-10-22-18(20-4)23-12-14-24-13-11-21-15-24/h5-8,11,13,15H,9-10,12,14H2,1-4H3,(H2,20,22,23). The van der Waals surface area contributed by atoms with Crippen molar-refractivity contribution in [3.63, 3.8) is 0 Å². The van der Waals surface area contributed by atoms with Gasteiger partial charge in [-0.3, -0.25) is 4.99 Å². The van der Waals surface area contributed by atoms with Gasteiger partial charge in [-0.1, -0.05) is 45.0 Å². The molecule has 0 fully saturated rings. The highest BCUT2D eigenvalue weighted by atomic mass is 15.2. The molecule has 0 atom stereocenters. The van der Waals surface area contributed by atoms with Crippen LogP contribution in [0, 0.1) is 0 Å². The molecule has 2 rings (SSSR count). The first-order valence-electron chi connectivity index (χ1n) is 8.49. The van der Waals surface area contributed by atoms with Crippen molar-refractivity contribution < 1.29 is 0 Å². The van der Waals surface area contributed by atoms with Crippen molar-refractivity contribution in [2.45, 2.75) is 39.2 Å². The van der Waals surface area contributed by atoms with Gasteiger partial charge in [0.25, 0.3) is 0 Å². The molecule has 0 aliphatic rings. The molecule has 2 N–H and O–H groups in total. The highest BCUT2D eigenvalue weighted by molar-refractivity contribution is 5.79. The lowest BCUT2D eigenvalue weighted by atomic mass is 9.86. The van der Waals surface area contributed by atoms with Gasteiger partial charge in [-0.15, -0.1) is 0 Å². The van der Waals surface area contributed by atoms with Crippen LogP contribution in [0.1, 0.15) is 31.9 Å². The molecule has 24 heavy (non-hydrogen) atoms. The van der Waals surface area contributed by atoms with Gasteiger partial charge in [0.2, 0.25) is 0 Å². The van der Waals surface area contributed by atoms with E-state index in [1.54, 1.807) is 13.2 Å². The van der Waals surface area contributed by atoms with Crippen molar-refractivity contribution in [2.75, 3.05) is 20.1 Å². The number of aromatic nitrogens is 2. The van der Waals surface area contributed by atoms with Crippen LogP contribution >= 0.6 is 0 Å². The van der Waals surface area contributed by atoms with E-state index >= 15 is 0 Å². The average Bonchev–Trinajstić information content (AvgIpc) is 3.06. The number of rotatable bonds is 6. The maximum Gasteiger partial charge on any atom is 0.191 e. The summed E-state index contributed by atoms with van der Waals surface area (Å²) in [5.74, 6) is 0.835. The third-order valence-corrected chi connectivity index (χ3v) is 3.97. The van der Waals surface area contributed by atoms with Crippen LogP contribution in [0.5, 0.6) is 0 Å². The zero-order valence-corrected chi connectivity index (χ0v) is 15.2. The first kappa shape index (κ1) is 18.0. The molecule has 0 bridgehead atoms. The van der Waals surface area contributed by atoms with E-state index in [4.69, 9.17) is 0 Å². The maximum atomic E-state index is 4.25. The summed E-state index contributed by atoms with van der Waals surface area (Å²) in [5, 5.41) is 6.67. The zero-order chi connectivity index (χ0) is 17.4. The van der Waals surface area contributed by atoms with Crippen LogP contribution in [0.4, 0.5) is 0 Å². The molecular weight excluding hydrogens is 298 g/mol. The van der Waals surface area contributed by atoms with E-state index in [0.29, 0.717) is 0 Å². The van der Waals surface area contributed by atoms with Crippen LogP contribution < -0.4 is 10.6 Å². The summed E-state index contributed by atoms with van der Waals surface area (Å²) in [4.78, 5) is 8.29. The first-order valence-corrected chi connectivity index (χ1v) is 8.49. The maximum absolute atomic E-state index is 4.25. The molecule has 0 amide bonds. The summed E-state index contributed by atoms with van der Waals surface area (Å²) < 4.78 is 2.04. The molecule has 1 heterocycles. The smallest absolute Gasteiger partial charge is 0.191 e. The monoisotopic (exact) mass is 327 g/mol. The Morgan fingerprint density at radius 3 is 2.42 bits per heavy atom. The predicted molar refractivity (Wildman–Crippen MR) is 100 cm³/mol. The Bertz CT molecular complexity index is 621. The van der Waals surface area contributed by atoms with E-state index in [1.807, 2.05) is 17.1 Å². The van der Waals surface area contributed by atoms with E-state index in [0.717, 1.165) is 32.0 Å². The Kier molecular flexibility index (Phi) is 6.41. The molecule has 5 heteroatoms. The van der Waals surface area contributed by atoms with E-state index < -0.39 is 0 Å². The summed E-state index contributed by atoms with van der Waals surface area (Å²) in [5.41, 5.74) is 2.92. The molecule has 5 nitrogen and oxygen atoms in total. The Morgan fingerprint density at radius 2 is 1.83 bits per heavy atom. The van der Waals surface area contributed by atoms with Gasteiger partial charge >= 0.3 is 0 Å². The van der Waals surface area contributed by atoms with Crippen molar-refractivity contribution in [3.05, 3.63) is 54.1 Å². The van der Waals surface area contributed by atoms with Gasteiger partial charge in [-0.2, -0.15) is 0 Å². The molecule has 0 saturated carbocycles. The molecule has 1 aromatic heterocycles. The number of nitrogens with one attached hydrogen (secondary N) is 2. The first-order chi connectivity index (χ1) is 11.5. The fraction of sp³-hybridized carbons (Fsp3) is 0.474. The molecule has 1 aromatic carbocycles. The average molecular weight is 327 g/mol. The van der Waals surface area contributed by atoms with E-state index in [2.05, 4.69) is 65.6 Å².